The van der Waals surface area contributed by atoms with E-state index in [9.17, 15) is 14.9 Å². The number of ketones is 2. The molecule has 2 aromatic rings. The number of nitrogens with one attached hydrogen (secondary N) is 1. The predicted molar refractivity (Wildman–Crippen MR) is 119 cm³/mol. The lowest BCUT2D eigenvalue weighted by Crippen LogP contribution is -2.57. The number of carbonyl (C=O) groups is 2. The van der Waals surface area contributed by atoms with Crippen molar-refractivity contribution in [2.75, 3.05) is 25.7 Å². The topological polar surface area (TPSA) is 109 Å². The standard InChI is InChI=1S/C24H19N5O4/c1-6-16(30)21-22-24(29(13-12-25)23(27-21)17(31)7-2)26-20(28(22)3)11-9-15-8-10-18(32-4)19(14-15)33-5/h1-2,8,10,14,21,23,27H,13H2,3-5H3. The molecule has 164 valence electrons. The van der Waals surface area contributed by atoms with E-state index in [1.54, 1.807) is 29.8 Å². The molecule has 0 fully saturated rings. The Kier molecular flexibility index (Phi) is 6.70. The molecule has 1 aromatic heterocycles. The number of nitrogens with zero attached hydrogens (tertiary/aromatic N) is 4. The van der Waals surface area contributed by atoms with Gasteiger partial charge in [0.05, 0.1) is 26.0 Å². The van der Waals surface area contributed by atoms with Crippen LogP contribution >= 0.6 is 0 Å². The number of anilines is 1. The van der Waals surface area contributed by atoms with Crippen molar-refractivity contribution in [3.63, 3.8) is 0 Å². The summed E-state index contributed by atoms with van der Waals surface area (Å²) >= 11 is 0. The highest BCUT2D eigenvalue weighted by Crippen LogP contribution is 2.33. The molecule has 0 aliphatic carbocycles. The Morgan fingerprint density at radius 1 is 1.15 bits per heavy atom. The first-order chi connectivity index (χ1) is 15.9. The third-order valence-electron chi connectivity index (χ3n) is 5.04. The second-order valence-electron chi connectivity index (χ2n) is 6.83. The minimum atomic E-state index is -1.13. The molecule has 33 heavy (non-hydrogen) atoms. The van der Waals surface area contributed by atoms with Crippen LogP contribution in [-0.4, -0.2) is 48.0 Å². The van der Waals surface area contributed by atoms with Gasteiger partial charge in [-0.1, -0.05) is 5.92 Å². The highest BCUT2D eigenvalue weighted by molar-refractivity contribution is 6.04. The van der Waals surface area contributed by atoms with Crippen molar-refractivity contribution in [3.8, 4) is 54.1 Å². The van der Waals surface area contributed by atoms with Gasteiger partial charge in [-0.15, -0.1) is 12.8 Å². The third kappa shape index (κ3) is 4.23. The second-order valence-corrected chi connectivity index (χ2v) is 6.83. The quantitative estimate of drug-likeness (QED) is 0.407. The summed E-state index contributed by atoms with van der Waals surface area (Å²) in [6, 6.07) is 6.13. The fraction of sp³-hybridized carbons (Fsp3) is 0.250. The van der Waals surface area contributed by atoms with E-state index < -0.39 is 23.8 Å². The van der Waals surface area contributed by atoms with E-state index in [1.807, 2.05) is 12.0 Å². The molecule has 1 aliphatic rings. The highest BCUT2D eigenvalue weighted by atomic mass is 16.5. The van der Waals surface area contributed by atoms with Gasteiger partial charge < -0.3 is 18.9 Å². The number of imidazole rings is 1. The van der Waals surface area contributed by atoms with Gasteiger partial charge in [-0.3, -0.25) is 14.9 Å². The Bertz CT molecular complexity index is 1310. The molecule has 1 aliphatic heterocycles. The highest BCUT2D eigenvalue weighted by Gasteiger charge is 2.41. The van der Waals surface area contributed by atoms with Crippen molar-refractivity contribution < 1.29 is 19.1 Å². The Hall–Kier alpha value is -4.70. The number of aromatic nitrogens is 2. The van der Waals surface area contributed by atoms with E-state index in [4.69, 9.17) is 22.3 Å². The maximum atomic E-state index is 12.5. The molecular formula is C24H19N5O4. The molecule has 9 nitrogen and oxygen atoms in total. The summed E-state index contributed by atoms with van der Waals surface area (Å²) in [7, 11) is 4.72. The van der Waals surface area contributed by atoms with E-state index in [-0.39, 0.29) is 12.4 Å². The fourth-order valence-corrected chi connectivity index (χ4v) is 3.46. The molecule has 2 unspecified atom stereocenters. The molecule has 0 spiro atoms. The molecule has 3 rings (SSSR count). The zero-order valence-electron chi connectivity index (χ0n) is 18.2. The molecule has 2 atom stereocenters. The number of Topliss-reactive ketones (excluding diaryl/α,β-unsaturated/α-hetero) is 2. The van der Waals surface area contributed by atoms with Gasteiger partial charge in [0, 0.05) is 12.6 Å². The zero-order valence-corrected chi connectivity index (χ0v) is 18.2. The van der Waals surface area contributed by atoms with Gasteiger partial charge >= 0.3 is 0 Å². The molecule has 9 heteroatoms. The maximum Gasteiger partial charge on any atom is 0.242 e. The van der Waals surface area contributed by atoms with Crippen LogP contribution in [0.3, 0.4) is 0 Å². The van der Waals surface area contributed by atoms with Crippen LogP contribution < -0.4 is 19.7 Å². The molecular weight excluding hydrogens is 422 g/mol. The predicted octanol–water partition coefficient (Wildman–Crippen LogP) is 0.542. The normalized spacial score (nSPS) is 16.2. The van der Waals surface area contributed by atoms with Gasteiger partial charge in [0.2, 0.25) is 11.6 Å². The second kappa shape index (κ2) is 9.62. The van der Waals surface area contributed by atoms with Gasteiger partial charge in [0.25, 0.3) is 0 Å². The van der Waals surface area contributed by atoms with Gasteiger partial charge in [0.1, 0.15) is 12.6 Å². The summed E-state index contributed by atoms with van der Waals surface area (Å²) in [6.45, 7) is -0.200. The minimum Gasteiger partial charge on any atom is -0.493 e. The molecule has 1 N–H and O–H groups in total. The Morgan fingerprint density at radius 2 is 1.85 bits per heavy atom. The van der Waals surface area contributed by atoms with Crippen LogP contribution in [0.15, 0.2) is 18.2 Å². The summed E-state index contributed by atoms with van der Waals surface area (Å²) < 4.78 is 12.1. The van der Waals surface area contributed by atoms with Crippen LogP contribution in [0.25, 0.3) is 0 Å². The first-order valence-electron chi connectivity index (χ1n) is 9.61. The number of terminal acetylenes is 2. The first-order valence-corrected chi connectivity index (χ1v) is 9.61. The summed E-state index contributed by atoms with van der Waals surface area (Å²) in [6.07, 6.45) is 9.49. The monoisotopic (exact) mass is 441 g/mol. The van der Waals surface area contributed by atoms with Gasteiger partial charge in [-0.05, 0) is 36.0 Å². The van der Waals surface area contributed by atoms with Crippen LogP contribution in [0.5, 0.6) is 11.5 Å². The van der Waals surface area contributed by atoms with Gasteiger partial charge in [-0.2, -0.15) is 5.26 Å². The van der Waals surface area contributed by atoms with Crippen molar-refractivity contribution in [2.45, 2.75) is 12.2 Å². The number of fused-ring (bicyclic) bond motifs is 1. The van der Waals surface area contributed by atoms with Crippen molar-refractivity contribution in [1.29, 1.82) is 5.26 Å². The molecule has 1 aromatic carbocycles. The van der Waals surface area contributed by atoms with Crippen molar-refractivity contribution in [2.24, 2.45) is 7.05 Å². The van der Waals surface area contributed by atoms with Gasteiger partial charge in [-0.25, -0.2) is 4.98 Å². The minimum absolute atomic E-state index is 0.200. The summed E-state index contributed by atoms with van der Waals surface area (Å²) in [5.74, 6) is 10.4. The molecule has 0 saturated carbocycles. The maximum absolute atomic E-state index is 12.5. The molecule has 0 saturated heterocycles. The third-order valence-corrected chi connectivity index (χ3v) is 5.04. The van der Waals surface area contributed by atoms with Crippen LogP contribution in [-0.2, 0) is 16.6 Å². The largest absolute Gasteiger partial charge is 0.493 e. The Balaban J connectivity index is 2.13. The van der Waals surface area contributed by atoms with Crippen LogP contribution in [0.1, 0.15) is 23.1 Å². The Labute approximate surface area is 191 Å². The molecule has 0 radical (unpaired) electrons. The molecule has 0 bridgehead atoms. The van der Waals surface area contributed by atoms with Gasteiger partial charge in [0.15, 0.2) is 29.3 Å². The smallest absolute Gasteiger partial charge is 0.242 e. The average molecular weight is 441 g/mol. The van der Waals surface area contributed by atoms with Crippen molar-refractivity contribution in [1.82, 2.24) is 14.9 Å². The SMILES string of the molecule is C#CC(=O)C1NC(C(=O)C#C)N(CC#N)c2nc(C#Cc3ccc(OC)c(OC)c3)n(C)c21. The lowest BCUT2D eigenvalue weighted by Gasteiger charge is -2.36. The number of carbonyl (C=O) groups excluding carboxylic acids is 2. The number of hydrogen-bond donors (Lipinski definition) is 1. The number of methoxy groups -OCH3 is 2. The summed E-state index contributed by atoms with van der Waals surface area (Å²) in [5.41, 5.74) is 1.02. The number of hydrogen-bond acceptors (Lipinski definition) is 8. The van der Waals surface area contributed by atoms with E-state index in [2.05, 4.69) is 28.1 Å². The molecule has 0 amide bonds. The Morgan fingerprint density at radius 3 is 2.45 bits per heavy atom. The number of nitriles is 1. The van der Waals surface area contributed by atoms with E-state index in [0.29, 0.717) is 28.6 Å². The van der Waals surface area contributed by atoms with E-state index in [1.165, 1.54) is 19.1 Å². The average Bonchev–Trinajstić information content (AvgIpc) is 3.17. The fourth-order valence-electron chi connectivity index (χ4n) is 3.46. The van der Waals surface area contributed by atoms with E-state index in [0.717, 1.165) is 0 Å². The van der Waals surface area contributed by atoms with Crippen molar-refractivity contribution >= 4 is 17.4 Å². The number of ether oxygens (including phenoxy) is 2. The zero-order chi connectivity index (χ0) is 24.1. The lowest BCUT2D eigenvalue weighted by atomic mass is 10.0. The number of benzene rings is 1. The van der Waals surface area contributed by atoms with Crippen LogP contribution in [0.2, 0.25) is 0 Å². The van der Waals surface area contributed by atoms with E-state index >= 15 is 0 Å². The van der Waals surface area contributed by atoms with Crippen molar-refractivity contribution in [3.05, 3.63) is 35.3 Å². The van der Waals surface area contributed by atoms with Crippen LogP contribution in [0, 0.1) is 47.9 Å². The first kappa shape index (κ1) is 23.0. The number of rotatable bonds is 5. The van der Waals surface area contributed by atoms with Crippen LogP contribution in [0.4, 0.5) is 5.82 Å². The molecule has 2 heterocycles. The summed E-state index contributed by atoms with van der Waals surface area (Å²) in [5, 5.41) is 12.1. The summed E-state index contributed by atoms with van der Waals surface area (Å²) in [4.78, 5) is 30.7. The lowest BCUT2D eigenvalue weighted by molar-refractivity contribution is -0.118.